The Morgan fingerprint density at radius 1 is 0.364 bits per heavy atom. The summed E-state index contributed by atoms with van der Waals surface area (Å²) in [6, 6.07) is -7.08. The normalized spacial score (nSPS) is 22.7. The van der Waals surface area contributed by atoms with Crippen molar-refractivity contribution in [1.82, 2.24) is 74.4 Å². The van der Waals surface area contributed by atoms with Crippen LogP contribution in [0, 0.1) is 0 Å². The number of fused-ring (bicyclic) bond motifs is 1. The molecule has 502 valence electrons. The van der Waals surface area contributed by atoms with Gasteiger partial charge in [0, 0.05) is 62.7 Å². The monoisotopic (exact) mass is 1260 g/mol. The molecule has 25 nitrogen and oxygen atoms in total. The SMILES string of the molecule is CNCCCCCC(=O)CCCCC[C@@H]1NC(=O)[C@@H](C)NC(=O)[C@H](CCCCNC(=O)CCCCCNC)NC(=O)[C@@H](C)NC(=O)[C@H](CCCCNC(=O)CCCCCNC)NC(=O)[C@@H](CCCCNC(=O)CCCCC2SCC3NC(=O)NC32)NC1=O. The highest BCUT2D eigenvalue weighted by molar-refractivity contribution is 8.00. The first-order valence-corrected chi connectivity index (χ1v) is 34.3. The van der Waals surface area contributed by atoms with Gasteiger partial charge in [0.25, 0.3) is 0 Å². The van der Waals surface area contributed by atoms with Gasteiger partial charge in [-0.15, -0.1) is 0 Å². The van der Waals surface area contributed by atoms with Crippen molar-refractivity contribution in [3.8, 4) is 0 Å². The van der Waals surface area contributed by atoms with Gasteiger partial charge in [-0.05, 0) is 177 Å². The highest BCUT2D eigenvalue weighted by atomic mass is 32.2. The lowest BCUT2D eigenvalue weighted by Gasteiger charge is -2.28. The summed E-state index contributed by atoms with van der Waals surface area (Å²) in [5.41, 5.74) is 0. The van der Waals surface area contributed by atoms with Gasteiger partial charge in [0.2, 0.25) is 53.2 Å². The predicted octanol–water partition coefficient (Wildman–Crippen LogP) is 2.39. The summed E-state index contributed by atoms with van der Waals surface area (Å²) in [5.74, 6) is -3.35. The number of carbonyl (C=O) groups is 11. The second-order valence-corrected chi connectivity index (χ2v) is 25.3. The van der Waals surface area contributed by atoms with Crippen LogP contribution in [0.3, 0.4) is 0 Å². The van der Waals surface area contributed by atoms with Gasteiger partial charge < -0.3 is 74.4 Å². The number of carbonyl (C=O) groups excluding carboxylic acids is 11. The van der Waals surface area contributed by atoms with Crippen LogP contribution in [0.15, 0.2) is 0 Å². The first-order valence-electron chi connectivity index (χ1n) is 33.2. The summed E-state index contributed by atoms with van der Waals surface area (Å²) < 4.78 is 0. The van der Waals surface area contributed by atoms with E-state index < -0.39 is 71.7 Å². The number of nitrogens with one attached hydrogen (secondary N) is 14. The number of urea groups is 1. The van der Waals surface area contributed by atoms with Gasteiger partial charge in [-0.1, -0.05) is 38.5 Å². The minimum absolute atomic E-state index is 0.0765. The highest BCUT2D eigenvalue weighted by Crippen LogP contribution is 2.33. The summed E-state index contributed by atoms with van der Waals surface area (Å²) in [6.45, 7) is 6.52. The number of rotatable bonds is 44. The third-order valence-electron chi connectivity index (χ3n) is 16.3. The molecule has 0 spiro atoms. The van der Waals surface area contributed by atoms with Crippen LogP contribution in [-0.2, 0) is 47.9 Å². The summed E-state index contributed by atoms with van der Waals surface area (Å²) in [5, 5.41) is 41.0. The minimum Gasteiger partial charge on any atom is -0.356 e. The Balaban J connectivity index is 1.81. The van der Waals surface area contributed by atoms with E-state index in [9.17, 15) is 52.7 Å². The van der Waals surface area contributed by atoms with Gasteiger partial charge in [0.1, 0.15) is 42.0 Å². The summed E-state index contributed by atoms with van der Waals surface area (Å²) >= 11 is 1.83. The third-order valence-corrected chi connectivity index (χ3v) is 17.8. The molecule has 3 heterocycles. The molecule has 0 bridgehead atoms. The Morgan fingerprint density at radius 3 is 1.08 bits per heavy atom. The zero-order chi connectivity index (χ0) is 64.3. The van der Waals surface area contributed by atoms with Crippen LogP contribution >= 0.6 is 11.8 Å². The fraction of sp³-hybridized carbons (Fsp3) is 0.823. The van der Waals surface area contributed by atoms with E-state index in [1.54, 1.807) is 0 Å². The van der Waals surface area contributed by atoms with E-state index in [0.717, 1.165) is 96.0 Å². The predicted molar refractivity (Wildman–Crippen MR) is 343 cm³/mol. The van der Waals surface area contributed by atoms with E-state index in [1.165, 1.54) is 13.8 Å². The molecule has 0 aromatic rings. The van der Waals surface area contributed by atoms with E-state index in [0.29, 0.717) is 121 Å². The van der Waals surface area contributed by atoms with Gasteiger partial charge in [-0.25, -0.2) is 4.79 Å². The zero-order valence-corrected chi connectivity index (χ0v) is 54.6. The maximum Gasteiger partial charge on any atom is 0.315 e. The fourth-order valence-corrected chi connectivity index (χ4v) is 12.5. The second kappa shape index (κ2) is 46.5. The summed E-state index contributed by atoms with van der Waals surface area (Å²) in [7, 11) is 5.66. The molecule has 14 N–H and O–H groups in total. The van der Waals surface area contributed by atoms with Crippen LogP contribution in [0.1, 0.15) is 206 Å². The maximum atomic E-state index is 14.6. The molecule has 3 fully saturated rings. The number of hydrogen-bond acceptors (Lipinski definition) is 15. The van der Waals surface area contributed by atoms with Gasteiger partial charge >= 0.3 is 6.03 Å². The molecule has 0 aromatic heterocycles. The quantitative estimate of drug-likeness (QED) is 0.0308. The summed E-state index contributed by atoms with van der Waals surface area (Å²) in [4.78, 5) is 148. The van der Waals surface area contributed by atoms with Crippen molar-refractivity contribution in [2.24, 2.45) is 0 Å². The van der Waals surface area contributed by atoms with Gasteiger partial charge in [0.15, 0.2) is 0 Å². The van der Waals surface area contributed by atoms with Gasteiger partial charge in [-0.2, -0.15) is 11.8 Å². The average Bonchev–Trinajstić information content (AvgIpc) is 3.08. The summed E-state index contributed by atoms with van der Waals surface area (Å²) in [6.07, 6.45) is 16.9. The molecular weight excluding hydrogens is 1150 g/mol. The molecular formula is C62H112N14O11S. The molecule has 3 saturated heterocycles. The lowest BCUT2D eigenvalue weighted by atomic mass is 10.0. The second-order valence-electron chi connectivity index (χ2n) is 24.0. The Kier molecular flexibility index (Phi) is 40.5. The van der Waals surface area contributed by atoms with E-state index >= 15 is 0 Å². The van der Waals surface area contributed by atoms with Gasteiger partial charge in [0.05, 0.1) is 12.1 Å². The van der Waals surface area contributed by atoms with Crippen molar-refractivity contribution in [2.75, 3.05) is 66.2 Å². The van der Waals surface area contributed by atoms with Crippen LogP contribution in [0.5, 0.6) is 0 Å². The topological polar surface area (TPSA) is 356 Å². The van der Waals surface area contributed by atoms with Crippen molar-refractivity contribution < 1.29 is 52.7 Å². The van der Waals surface area contributed by atoms with Gasteiger partial charge in [-0.3, -0.25) is 47.9 Å². The zero-order valence-electron chi connectivity index (χ0n) is 53.8. The lowest BCUT2D eigenvalue weighted by molar-refractivity contribution is -0.136. The van der Waals surface area contributed by atoms with E-state index in [2.05, 4.69) is 74.4 Å². The Morgan fingerprint density at radius 2 is 0.682 bits per heavy atom. The average molecular weight is 1260 g/mol. The first-order chi connectivity index (χ1) is 42.4. The number of amides is 11. The standard InChI is InChI=1S/C62H112N14O11S/c1-43-56(81)71-46(29-17-23-39-66-52(78)33-13-8-21-37-64-4)58(83)69-44(2)57(82)72-48(28-12-6-10-26-45(77)27-11-7-20-36-63-3)60(85)74-49(31-19-25-41-68-54(80)35-16-15-32-51-55-50(42-88-51)75-62(87)76-55)61(86)73-47(59(84)70-43)30-18-24-40-67-53(79)34-14-9-22-38-65-5/h43-44,46-51,55,63-65H,6-42H2,1-5H3,(H,66,78)(H,67,79)(H,68,80)(H,69,83)(H,70,84)(H,71,81)(H,72,82)(H,73,86)(H,74,85)(H2,75,76,87)/t43-,44-,46+,47+,48+,49-,50?,51?,55?/m1/s1. The molecule has 3 aliphatic rings. The number of hydrogen-bond donors (Lipinski definition) is 14. The molecule has 0 aromatic carbocycles. The van der Waals surface area contributed by atoms with Crippen molar-refractivity contribution in [3.63, 3.8) is 0 Å². The Labute approximate surface area is 528 Å². The van der Waals surface area contributed by atoms with Crippen LogP contribution in [0.4, 0.5) is 4.79 Å². The molecule has 0 radical (unpaired) electrons. The largest absolute Gasteiger partial charge is 0.356 e. The Bertz CT molecular complexity index is 2110. The van der Waals surface area contributed by atoms with E-state index in [4.69, 9.17) is 0 Å². The van der Waals surface area contributed by atoms with Crippen molar-refractivity contribution in [2.45, 2.75) is 260 Å². The number of unbranched alkanes of at least 4 members (excludes halogenated alkanes) is 12. The van der Waals surface area contributed by atoms with Crippen LogP contribution in [0.2, 0.25) is 0 Å². The molecule has 3 rings (SSSR count). The minimum atomic E-state index is -1.22. The molecule has 3 unspecified atom stereocenters. The molecule has 9 atom stereocenters. The van der Waals surface area contributed by atoms with E-state index in [1.807, 2.05) is 32.9 Å². The molecule has 0 saturated carbocycles. The number of thioether (sulfide) groups is 1. The van der Waals surface area contributed by atoms with Crippen LogP contribution < -0.4 is 74.4 Å². The van der Waals surface area contributed by atoms with Crippen molar-refractivity contribution in [1.29, 1.82) is 0 Å². The van der Waals surface area contributed by atoms with Crippen molar-refractivity contribution in [3.05, 3.63) is 0 Å². The smallest absolute Gasteiger partial charge is 0.315 e. The molecule has 88 heavy (non-hydrogen) atoms. The van der Waals surface area contributed by atoms with Crippen molar-refractivity contribution >= 4 is 76.7 Å². The maximum absolute atomic E-state index is 14.6. The molecule has 11 amide bonds. The third kappa shape index (κ3) is 33.3. The highest BCUT2D eigenvalue weighted by Gasteiger charge is 2.42. The van der Waals surface area contributed by atoms with E-state index in [-0.39, 0.29) is 67.3 Å². The molecule has 3 aliphatic heterocycles. The first kappa shape index (κ1) is 76.6. The van der Waals surface area contributed by atoms with Crippen LogP contribution in [0.25, 0.3) is 0 Å². The number of Topliss-reactive ketones (excluding diaryl/α,β-unsaturated/α-hetero) is 1. The molecule has 26 heteroatoms. The van der Waals surface area contributed by atoms with Crippen LogP contribution in [-0.4, -0.2) is 185 Å². The number of ketones is 1. The molecule has 0 aliphatic carbocycles. The fourth-order valence-electron chi connectivity index (χ4n) is 10.9. The Hall–Kier alpha value is -5.60. The lowest BCUT2D eigenvalue weighted by Crippen LogP contribution is -2.60.